The number of aromatic nitrogens is 2. The maximum Gasteiger partial charge on any atom is 0.435 e. The molecule has 0 unspecified atom stereocenters. The van der Waals surface area contributed by atoms with E-state index in [1.165, 1.54) is 11.0 Å². The summed E-state index contributed by atoms with van der Waals surface area (Å²) in [5, 5.41) is 6.53. The highest BCUT2D eigenvalue weighted by Crippen LogP contribution is 2.36. The van der Waals surface area contributed by atoms with E-state index in [0.717, 1.165) is 36.2 Å². The van der Waals surface area contributed by atoms with Gasteiger partial charge in [-0.25, -0.2) is 0 Å². The second-order valence-corrected chi connectivity index (χ2v) is 9.15. The number of benzene rings is 2. The average molecular weight is 551 g/mol. The Morgan fingerprint density at radius 3 is 2.55 bits per heavy atom. The molecule has 4 rings (SSSR count). The lowest BCUT2D eigenvalue weighted by molar-refractivity contribution is -0.142. The molecular formula is C26H26ClF3N4O4. The summed E-state index contributed by atoms with van der Waals surface area (Å²) in [4.78, 5) is 27.3. The van der Waals surface area contributed by atoms with Crippen molar-refractivity contribution < 1.29 is 32.2 Å². The number of alkyl halides is 3. The van der Waals surface area contributed by atoms with Crippen molar-refractivity contribution in [2.24, 2.45) is 0 Å². The number of nitrogens with one attached hydrogen (secondary N) is 1. The molecule has 202 valence electrons. The summed E-state index contributed by atoms with van der Waals surface area (Å²) in [6, 6.07) is 12.7. The van der Waals surface area contributed by atoms with Crippen LogP contribution in [0.15, 0.2) is 54.7 Å². The lowest BCUT2D eigenvalue weighted by Crippen LogP contribution is -2.40. The molecule has 2 aromatic carbocycles. The Hall–Kier alpha value is -3.73. The SMILES string of the molecule is O=C1CN(C(=O)Cn2ccc(C(F)(F)F)n2)CCCCCCOc2ccccc2Oc2ccc(Cl)cc2N1. The second-order valence-electron chi connectivity index (χ2n) is 8.71. The normalized spacial score (nSPS) is 15.5. The van der Waals surface area contributed by atoms with Crippen LogP contribution in [0.1, 0.15) is 31.4 Å². The number of fused-ring (bicyclic) bond motifs is 2. The number of hydrogen-bond acceptors (Lipinski definition) is 5. The zero-order chi connectivity index (χ0) is 27.1. The Labute approximate surface area is 222 Å². The summed E-state index contributed by atoms with van der Waals surface area (Å²) in [7, 11) is 0. The standard InChI is InChI=1S/C26H26ClF3N4O4/c27-18-9-10-20-19(15-18)31-24(35)16-33(25(36)17-34-13-11-23(32-34)26(28,29)30)12-5-1-2-6-14-37-21-7-3-4-8-22(21)38-20/h3-4,7-11,13,15H,1-2,5-6,12,14,16-17H2,(H,31,35). The molecule has 8 nitrogen and oxygen atoms in total. The van der Waals surface area contributed by atoms with Crippen molar-refractivity contribution in [2.75, 3.05) is 25.0 Å². The fourth-order valence-corrected chi connectivity index (χ4v) is 4.07. The quantitative estimate of drug-likeness (QED) is 0.438. The van der Waals surface area contributed by atoms with E-state index >= 15 is 0 Å². The smallest absolute Gasteiger partial charge is 0.435 e. The molecule has 0 saturated heterocycles. The van der Waals surface area contributed by atoms with Gasteiger partial charge in [0.2, 0.25) is 11.8 Å². The molecule has 12 heteroatoms. The van der Waals surface area contributed by atoms with E-state index in [1.807, 2.05) is 6.07 Å². The van der Waals surface area contributed by atoms with Crippen LogP contribution in [0, 0.1) is 0 Å². The van der Waals surface area contributed by atoms with E-state index in [9.17, 15) is 22.8 Å². The van der Waals surface area contributed by atoms with Crippen molar-refractivity contribution in [3.63, 3.8) is 0 Å². The number of nitrogens with zero attached hydrogens (tertiary/aromatic N) is 3. The summed E-state index contributed by atoms with van der Waals surface area (Å²) < 4.78 is 51.6. The number of carbonyl (C=O) groups excluding carboxylic acids is 2. The lowest BCUT2D eigenvalue weighted by atomic mass is 10.2. The topological polar surface area (TPSA) is 85.7 Å². The van der Waals surface area contributed by atoms with Crippen LogP contribution < -0.4 is 14.8 Å². The van der Waals surface area contributed by atoms with Crippen LogP contribution in [0.3, 0.4) is 0 Å². The third-order valence-corrected chi connectivity index (χ3v) is 6.02. The molecule has 3 aromatic rings. The molecule has 0 radical (unpaired) electrons. The molecule has 2 heterocycles. The molecule has 0 bridgehead atoms. The first kappa shape index (κ1) is 27.3. The maximum atomic E-state index is 13.0. The van der Waals surface area contributed by atoms with Crippen LogP contribution in [0.25, 0.3) is 0 Å². The number of hydrogen-bond donors (Lipinski definition) is 1. The number of rotatable bonds is 2. The monoisotopic (exact) mass is 550 g/mol. The molecule has 0 atom stereocenters. The highest BCUT2D eigenvalue weighted by molar-refractivity contribution is 6.31. The van der Waals surface area contributed by atoms with Gasteiger partial charge in [-0.2, -0.15) is 18.3 Å². The van der Waals surface area contributed by atoms with Crippen LogP contribution in [-0.4, -0.2) is 46.2 Å². The van der Waals surface area contributed by atoms with E-state index in [0.29, 0.717) is 41.0 Å². The average Bonchev–Trinajstić information content (AvgIpc) is 3.34. The summed E-state index contributed by atoms with van der Waals surface area (Å²) in [5.41, 5.74) is -0.799. The number of carbonyl (C=O) groups is 2. The predicted octanol–water partition coefficient (Wildman–Crippen LogP) is 5.77. The zero-order valence-corrected chi connectivity index (χ0v) is 21.1. The van der Waals surface area contributed by atoms with Gasteiger partial charge >= 0.3 is 6.18 Å². The minimum Gasteiger partial charge on any atom is -0.490 e. The van der Waals surface area contributed by atoms with Gasteiger partial charge in [-0.3, -0.25) is 14.3 Å². The Kier molecular flexibility index (Phi) is 8.77. The molecular weight excluding hydrogens is 525 g/mol. The Morgan fingerprint density at radius 1 is 1.03 bits per heavy atom. The first-order valence-corrected chi connectivity index (χ1v) is 12.4. The van der Waals surface area contributed by atoms with Gasteiger partial charge in [-0.15, -0.1) is 0 Å². The van der Waals surface area contributed by atoms with Gasteiger partial charge in [0.05, 0.1) is 18.8 Å². The maximum absolute atomic E-state index is 13.0. The van der Waals surface area contributed by atoms with Crippen molar-refractivity contribution in [3.05, 3.63) is 65.4 Å². The van der Waals surface area contributed by atoms with E-state index in [1.54, 1.807) is 30.3 Å². The molecule has 1 N–H and O–H groups in total. The predicted molar refractivity (Wildman–Crippen MR) is 134 cm³/mol. The van der Waals surface area contributed by atoms with E-state index in [2.05, 4.69) is 10.4 Å². The van der Waals surface area contributed by atoms with Gasteiger partial charge in [0.25, 0.3) is 0 Å². The third kappa shape index (κ3) is 7.41. The molecule has 1 aliphatic rings. The van der Waals surface area contributed by atoms with Gasteiger partial charge in [0.15, 0.2) is 22.9 Å². The van der Waals surface area contributed by atoms with Crippen LogP contribution in [0.5, 0.6) is 17.2 Å². The van der Waals surface area contributed by atoms with Gasteiger partial charge in [0.1, 0.15) is 6.54 Å². The lowest BCUT2D eigenvalue weighted by Gasteiger charge is -2.23. The molecule has 2 amide bonds. The number of anilines is 1. The molecule has 0 fully saturated rings. The fourth-order valence-electron chi connectivity index (χ4n) is 3.90. The second kappa shape index (κ2) is 12.2. The van der Waals surface area contributed by atoms with Crippen molar-refractivity contribution in [1.29, 1.82) is 0 Å². The highest BCUT2D eigenvalue weighted by atomic mass is 35.5. The van der Waals surface area contributed by atoms with Gasteiger partial charge in [0, 0.05) is 17.8 Å². The molecule has 0 aliphatic carbocycles. The van der Waals surface area contributed by atoms with Crippen LogP contribution in [0.2, 0.25) is 5.02 Å². The Bertz CT molecular complexity index is 1280. The first-order valence-electron chi connectivity index (χ1n) is 12.1. The molecule has 38 heavy (non-hydrogen) atoms. The number of para-hydroxylation sites is 2. The van der Waals surface area contributed by atoms with Gasteiger partial charge in [-0.05, 0) is 49.2 Å². The van der Waals surface area contributed by atoms with Crippen LogP contribution in [0.4, 0.5) is 18.9 Å². The molecule has 0 spiro atoms. The van der Waals surface area contributed by atoms with Crippen molar-refractivity contribution in [3.8, 4) is 17.2 Å². The molecule has 0 saturated carbocycles. The van der Waals surface area contributed by atoms with Crippen molar-refractivity contribution in [2.45, 2.75) is 38.4 Å². The first-order chi connectivity index (χ1) is 18.2. The Morgan fingerprint density at radius 2 is 1.79 bits per heavy atom. The summed E-state index contributed by atoms with van der Waals surface area (Å²) in [5.74, 6) is 0.305. The van der Waals surface area contributed by atoms with Crippen molar-refractivity contribution >= 4 is 29.1 Å². The number of halogens is 4. The van der Waals surface area contributed by atoms with E-state index in [-0.39, 0.29) is 13.1 Å². The minimum absolute atomic E-state index is 0.252. The number of amides is 2. The largest absolute Gasteiger partial charge is 0.490 e. The van der Waals surface area contributed by atoms with Crippen LogP contribution in [-0.2, 0) is 22.3 Å². The fraction of sp³-hybridized carbons (Fsp3) is 0.346. The number of ether oxygens (including phenoxy) is 2. The summed E-state index contributed by atoms with van der Waals surface area (Å²) in [6.45, 7) is -0.0201. The van der Waals surface area contributed by atoms with Gasteiger partial charge in [-0.1, -0.05) is 36.6 Å². The van der Waals surface area contributed by atoms with Crippen molar-refractivity contribution in [1.82, 2.24) is 14.7 Å². The van der Waals surface area contributed by atoms with E-state index in [4.69, 9.17) is 21.1 Å². The molecule has 1 aromatic heterocycles. The third-order valence-electron chi connectivity index (χ3n) is 5.78. The van der Waals surface area contributed by atoms with Gasteiger partial charge < -0.3 is 19.7 Å². The van der Waals surface area contributed by atoms with E-state index < -0.39 is 30.2 Å². The summed E-state index contributed by atoms with van der Waals surface area (Å²) >= 11 is 6.16. The highest BCUT2D eigenvalue weighted by Gasteiger charge is 2.33. The Balaban J connectivity index is 1.54. The molecule has 1 aliphatic heterocycles. The minimum atomic E-state index is -4.61. The van der Waals surface area contributed by atoms with Crippen LogP contribution >= 0.6 is 11.6 Å². The summed E-state index contributed by atoms with van der Waals surface area (Å²) in [6.07, 6.45) is -0.559. The zero-order valence-electron chi connectivity index (χ0n) is 20.3.